The molecule has 1 aromatic rings. The topological polar surface area (TPSA) is 105 Å². The number of hydrogen-bond acceptors (Lipinski definition) is 6. The van der Waals surface area contributed by atoms with Crippen LogP contribution in [0.15, 0.2) is 15.5 Å². The van der Waals surface area contributed by atoms with Gasteiger partial charge in [-0.25, -0.2) is 4.79 Å². The van der Waals surface area contributed by atoms with E-state index in [0.29, 0.717) is 0 Å². The highest BCUT2D eigenvalue weighted by molar-refractivity contribution is 9.10. The zero-order valence-corrected chi connectivity index (χ0v) is 11.2. The first-order chi connectivity index (χ1) is 8.37. The zero-order valence-electron chi connectivity index (χ0n) is 9.58. The van der Waals surface area contributed by atoms with Crippen molar-refractivity contribution in [3.8, 4) is 5.88 Å². The van der Waals surface area contributed by atoms with Crippen LogP contribution in [0.5, 0.6) is 5.88 Å². The van der Waals surface area contributed by atoms with Crippen molar-refractivity contribution >= 4 is 15.9 Å². The molecule has 1 aliphatic rings. The van der Waals surface area contributed by atoms with E-state index in [4.69, 9.17) is 4.74 Å². The lowest BCUT2D eigenvalue weighted by molar-refractivity contribution is -0.116. The van der Waals surface area contributed by atoms with Crippen molar-refractivity contribution in [1.82, 2.24) is 9.55 Å². The summed E-state index contributed by atoms with van der Waals surface area (Å²) in [6.45, 7) is 1.21. The molecule has 3 N–H and O–H groups in total. The molecule has 0 spiro atoms. The maximum atomic E-state index is 11.6. The molecule has 8 heteroatoms. The van der Waals surface area contributed by atoms with Crippen LogP contribution in [-0.2, 0) is 4.74 Å². The Morgan fingerprint density at radius 1 is 1.72 bits per heavy atom. The molecule has 7 nitrogen and oxygen atoms in total. The summed E-state index contributed by atoms with van der Waals surface area (Å²) >= 11 is 3.05. The molecular weight excluding hydrogens is 308 g/mol. The van der Waals surface area contributed by atoms with Crippen LogP contribution in [-0.4, -0.2) is 43.2 Å². The Morgan fingerprint density at radius 3 is 2.94 bits per heavy atom. The van der Waals surface area contributed by atoms with Crippen molar-refractivity contribution < 1.29 is 20.1 Å². The van der Waals surface area contributed by atoms with Crippen LogP contribution in [0, 0.1) is 0 Å². The van der Waals surface area contributed by atoms with Gasteiger partial charge in [0.25, 0.3) is 0 Å². The second-order valence-electron chi connectivity index (χ2n) is 4.40. The lowest BCUT2D eigenvalue weighted by Gasteiger charge is -2.25. The second-order valence-corrected chi connectivity index (χ2v) is 5.25. The van der Waals surface area contributed by atoms with Gasteiger partial charge in [0, 0.05) is 12.6 Å². The zero-order chi connectivity index (χ0) is 13.5. The van der Waals surface area contributed by atoms with Crippen LogP contribution >= 0.6 is 15.9 Å². The largest absolute Gasteiger partial charge is 0.492 e. The maximum absolute atomic E-state index is 11.6. The Balaban J connectivity index is 2.35. The molecule has 100 valence electrons. The summed E-state index contributed by atoms with van der Waals surface area (Å²) in [6, 6.07) is 0. The quantitative estimate of drug-likeness (QED) is 0.693. The average Bonchev–Trinajstić information content (AvgIpc) is 2.61. The van der Waals surface area contributed by atoms with E-state index >= 15 is 0 Å². The van der Waals surface area contributed by atoms with Gasteiger partial charge in [-0.2, -0.15) is 4.98 Å². The van der Waals surface area contributed by atoms with E-state index in [0.717, 1.165) is 4.57 Å². The first-order valence-corrected chi connectivity index (χ1v) is 6.11. The fourth-order valence-electron chi connectivity index (χ4n) is 1.83. The highest BCUT2D eigenvalue weighted by Crippen LogP contribution is 2.36. The van der Waals surface area contributed by atoms with Crippen molar-refractivity contribution in [2.45, 2.75) is 31.3 Å². The Morgan fingerprint density at radius 2 is 2.39 bits per heavy atom. The number of aliphatic hydroxyl groups excluding tert-OH is 2. The van der Waals surface area contributed by atoms with Crippen LogP contribution in [0.2, 0.25) is 0 Å². The van der Waals surface area contributed by atoms with E-state index < -0.39 is 29.5 Å². The van der Waals surface area contributed by atoms with Crippen LogP contribution in [0.1, 0.15) is 19.6 Å². The van der Waals surface area contributed by atoms with Crippen molar-refractivity contribution in [3.05, 3.63) is 21.2 Å². The van der Waals surface area contributed by atoms with Gasteiger partial charge in [0.2, 0.25) is 5.88 Å². The summed E-state index contributed by atoms with van der Waals surface area (Å²) in [5, 5.41) is 28.3. The monoisotopic (exact) mass is 320 g/mol. The van der Waals surface area contributed by atoms with Gasteiger partial charge in [-0.05, 0) is 22.9 Å². The number of aliphatic hydroxyl groups is 2. The lowest BCUT2D eigenvalue weighted by atomic mass is 10.0. The molecule has 2 heterocycles. The Labute approximate surface area is 111 Å². The molecule has 0 aliphatic carbocycles. The normalized spacial score (nSPS) is 31.8. The molecule has 2 rings (SSSR count). The van der Waals surface area contributed by atoms with E-state index in [-0.39, 0.29) is 17.5 Å². The standard InChI is InChI=1S/C10H13BrN2O5/c1-10(4-14)6(15)2-7(18-10)13-3-5(11)8(16)12-9(13)17/h3,6-7,14-15H,2,4H2,1H3,(H,12,16,17)/t6-,7+,10+/m0/s1. The first kappa shape index (κ1) is 13.5. The molecular formula is C10H13BrN2O5. The van der Waals surface area contributed by atoms with Crippen molar-refractivity contribution in [2.24, 2.45) is 0 Å². The van der Waals surface area contributed by atoms with Gasteiger partial charge in [-0.3, -0.25) is 4.57 Å². The molecule has 0 amide bonds. The lowest BCUT2D eigenvalue weighted by Crippen LogP contribution is -2.39. The number of halogens is 1. The molecule has 0 aromatic carbocycles. The minimum atomic E-state index is -1.10. The minimum absolute atomic E-state index is 0.163. The van der Waals surface area contributed by atoms with Crippen LogP contribution in [0.4, 0.5) is 0 Å². The van der Waals surface area contributed by atoms with Crippen molar-refractivity contribution in [3.63, 3.8) is 0 Å². The molecule has 1 aromatic heterocycles. The SMILES string of the molecule is C[C@]1(CO)O[C@@H](n2cc(Br)c(O)nc2=O)C[C@@H]1O. The molecule has 1 aliphatic heterocycles. The molecule has 1 saturated heterocycles. The third-order valence-corrected chi connectivity index (χ3v) is 3.61. The molecule has 1 fully saturated rings. The predicted molar refractivity (Wildman–Crippen MR) is 64.1 cm³/mol. The summed E-state index contributed by atoms with van der Waals surface area (Å²) < 4.78 is 6.90. The fourth-order valence-corrected chi connectivity index (χ4v) is 2.14. The fraction of sp³-hybridized carbons (Fsp3) is 0.600. The van der Waals surface area contributed by atoms with Gasteiger partial charge in [-0.1, -0.05) is 0 Å². The Bertz CT molecular complexity index is 519. The van der Waals surface area contributed by atoms with E-state index in [2.05, 4.69) is 20.9 Å². The number of ether oxygens (including phenoxy) is 1. The van der Waals surface area contributed by atoms with Gasteiger partial charge in [0.05, 0.1) is 17.2 Å². The van der Waals surface area contributed by atoms with Crippen LogP contribution < -0.4 is 5.69 Å². The summed E-state index contributed by atoms with van der Waals surface area (Å²) in [7, 11) is 0. The van der Waals surface area contributed by atoms with E-state index in [1.165, 1.54) is 6.20 Å². The Hall–Kier alpha value is -0.960. The summed E-state index contributed by atoms with van der Waals surface area (Å²) in [6.07, 6.45) is -0.109. The molecule has 0 saturated carbocycles. The third kappa shape index (κ3) is 2.16. The molecule has 18 heavy (non-hydrogen) atoms. The van der Waals surface area contributed by atoms with Gasteiger partial charge in [0.1, 0.15) is 11.8 Å². The molecule has 0 unspecified atom stereocenters. The van der Waals surface area contributed by atoms with Crippen LogP contribution in [0.3, 0.4) is 0 Å². The summed E-state index contributed by atoms with van der Waals surface area (Å²) in [4.78, 5) is 15.0. The molecule has 3 atom stereocenters. The molecule has 0 bridgehead atoms. The number of nitrogens with zero attached hydrogens (tertiary/aromatic N) is 2. The van der Waals surface area contributed by atoms with Gasteiger partial charge in [0.15, 0.2) is 0 Å². The first-order valence-electron chi connectivity index (χ1n) is 5.32. The third-order valence-electron chi connectivity index (χ3n) is 3.05. The van der Waals surface area contributed by atoms with E-state index in [1.54, 1.807) is 6.92 Å². The summed E-state index contributed by atoms with van der Waals surface area (Å²) in [5.74, 6) is -0.403. The van der Waals surface area contributed by atoms with Crippen LogP contribution in [0.25, 0.3) is 0 Å². The van der Waals surface area contributed by atoms with E-state index in [1.807, 2.05) is 0 Å². The second kappa shape index (κ2) is 4.61. The Kier molecular flexibility index (Phi) is 3.45. The average molecular weight is 321 g/mol. The van der Waals surface area contributed by atoms with Crippen molar-refractivity contribution in [1.29, 1.82) is 0 Å². The number of aromatic nitrogens is 2. The summed E-state index contributed by atoms with van der Waals surface area (Å²) in [5.41, 5.74) is -1.79. The van der Waals surface area contributed by atoms with Gasteiger partial charge >= 0.3 is 5.69 Å². The number of hydrogen-bond donors (Lipinski definition) is 3. The predicted octanol–water partition coefficient (Wildman–Crippen LogP) is -0.258. The highest BCUT2D eigenvalue weighted by atomic mass is 79.9. The maximum Gasteiger partial charge on any atom is 0.353 e. The van der Waals surface area contributed by atoms with Gasteiger partial charge in [-0.15, -0.1) is 0 Å². The smallest absolute Gasteiger partial charge is 0.353 e. The number of aromatic hydroxyl groups is 1. The van der Waals surface area contributed by atoms with Crippen molar-refractivity contribution in [2.75, 3.05) is 6.61 Å². The molecule has 0 radical (unpaired) electrons. The minimum Gasteiger partial charge on any atom is -0.492 e. The highest BCUT2D eigenvalue weighted by Gasteiger charge is 2.45. The van der Waals surface area contributed by atoms with Gasteiger partial charge < -0.3 is 20.1 Å². The number of rotatable bonds is 2. The van der Waals surface area contributed by atoms with E-state index in [9.17, 15) is 20.1 Å².